The van der Waals surface area contributed by atoms with Gasteiger partial charge in [0, 0.05) is 13.0 Å². The highest BCUT2D eigenvalue weighted by atomic mass is 19.1. The zero-order chi connectivity index (χ0) is 12.8. The fourth-order valence-corrected chi connectivity index (χ4v) is 2.15. The Balaban J connectivity index is 1.98. The van der Waals surface area contributed by atoms with E-state index in [4.69, 9.17) is 5.73 Å². The van der Waals surface area contributed by atoms with Crippen LogP contribution in [0.4, 0.5) is 10.2 Å². The lowest BCUT2D eigenvalue weighted by Crippen LogP contribution is -2.42. The van der Waals surface area contributed by atoms with E-state index in [9.17, 15) is 9.18 Å². The lowest BCUT2D eigenvalue weighted by Gasteiger charge is -2.19. The van der Waals surface area contributed by atoms with Gasteiger partial charge in [0.05, 0.1) is 12.9 Å². The van der Waals surface area contributed by atoms with E-state index >= 15 is 0 Å². The van der Waals surface area contributed by atoms with Crippen LogP contribution in [0, 0.1) is 0 Å². The number of nitrogens with zero attached hydrogens (tertiary/aromatic N) is 4. The monoisotopic (exact) mass is 250 g/mol. The molecule has 2 aromatic rings. The van der Waals surface area contributed by atoms with E-state index in [2.05, 4.69) is 19.9 Å². The maximum absolute atomic E-state index is 14.1. The molecule has 0 spiro atoms. The number of fused-ring (bicyclic) bond motifs is 1. The van der Waals surface area contributed by atoms with Gasteiger partial charge in [0.1, 0.15) is 11.8 Å². The summed E-state index contributed by atoms with van der Waals surface area (Å²) in [7, 11) is 0. The van der Waals surface area contributed by atoms with E-state index in [1.807, 2.05) is 0 Å². The van der Waals surface area contributed by atoms with Crippen molar-refractivity contribution in [1.29, 1.82) is 0 Å². The SMILES string of the molecule is NC(=O)C1(F)CCN(c2ncnc3nc[nH]c23)C1. The standard InChI is InChI=1S/C10H11FN6O/c11-10(9(12)18)1-2-17(3-10)8-6-7(14-4-13-6)15-5-16-8/h4-5H,1-3H2,(H2,12,18)(H,13,14,15,16). The molecule has 1 unspecified atom stereocenters. The second-order valence-corrected chi connectivity index (χ2v) is 4.30. The van der Waals surface area contributed by atoms with Crippen LogP contribution in [-0.2, 0) is 4.79 Å². The number of halogens is 1. The molecule has 0 aromatic carbocycles. The maximum Gasteiger partial charge on any atom is 0.257 e. The van der Waals surface area contributed by atoms with Crippen LogP contribution in [0.3, 0.4) is 0 Å². The van der Waals surface area contributed by atoms with Gasteiger partial charge in [-0.2, -0.15) is 0 Å². The Labute approximate surface area is 101 Å². The van der Waals surface area contributed by atoms with E-state index in [0.717, 1.165) is 0 Å². The number of amides is 1. The number of aromatic amines is 1. The smallest absolute Gasteiger partial charge is 0.257 e. The van der Waals surface area contributed by atoms with Crippen molar-refractivity contribution in [1.82, 2.24) is 19.9 Å². The Kier molecular flexibility index (Phi) is 2.19. The van der Waals surface area contributed by atoms with Crippen molar-refractivity contribution in [2.24, 2.45) is 5.73 Å². The number of alkyl halides is 1. The van der Waals surface area contributed by atoms with Crippen LogP contribution >= 0.6 is 0 Å². The number of nitrogens with two attached hydrogens (primary N) is 1. The molecule has 94 valence electrons. The normalized spacial score (nSPS) is 23.7. The molecule has 3 N–H and O–H groups in total. The van der Waals surface area contributed by atoms with Gasteiger partial charge in [-0.3, -0.25) is 4.79 Å². The van der Waals surface area contributed by atoms with Crippen LogP contribution < -0.4 is 10.6 Å². The zero-order valence-corrected chi connectivity index (χ0v) is 9.43. The molecule has 18 heavy (non-hydrogen) atoms. The number of H-pyrrole nitrogens is 1. The first-order valence-corrected chi connectivity index (χ1v) is 5.48. The van der Waals surface area contributed by atoms with E-state index in [-0.39, 0.29) is 13.0 Å². The summed E-state index contributed by atoms with van der Waals surface area (Å²) in [5.41, 5.74) is 4.22. The summed E-state index contributed by atoms with van der Waals surface area (Å²) < 4.78 is 14.1. The predicted octanol–water partition coefficient (Wildman–Crippen LogP) is -0.243. The molecule has 8 heteroatoms. The first kappa shape index (κ1) is 10.9. The third-order valence-corrected chi connectivity index (χ3v) is 3.16. The van der Waals surface area contributed by atoms with Gasteiger partial charge >= 0.3 is 0 Å². The van der Waals surface area contributed by atoms with Crippen molar-refractivity contribution in [3.05, 3.63) is 12.7 Å². The molecule has 3 heterocycles. The number of aromatic nitrogens is 4. The van der Waals surface area contributed by atoms with Gasteiger partial charge in [0.2, 0.25) is 5.67 Å². The van der Waals surface area contributed by atoms with Crippen LogP contribution in [0.5, 0.6) is 0 Å². The third kappa shape index (κ3) is 1.49. The minimum atomic E-state index is -1.99. The van der Waals surface area contributed by atoms with Crippen molar-refractivity contribution in [3.63, 3.8) is 0 Å². The maximum atomic E-state index is 14.1. The van der Waals surface area contributed by atoms with Crippen LogP contribution in [-0.4, -0.2) is 44.6 Å². The Bertz CT molecular complexity index is 613. The Morgan fingerprint density at radius 1 is 1.50 bits per heavy atom. The molecule has 1 aliphatic heterocycles. The summed E-state index contributed by atoms with van der Waals surface area (Å²) in [4.78, 5) is 27.8. The fourth-order valence-electron chi connectivity index (χ4n) is 2.15. The summed E-state index contributed by atoms with van der Waals surface area (Å²) in [6.45, 7) is 0.290. The van der Waals surface area contributed by atoms with Gasteiger partial charge in [-0.05, 0) is 0 Å². The van der Waals surface area contributed by atoms with Crippen molar-refractivity contribution < 1.29 is 9.18 Å². The highest BCUT2D eigenvalue weighted by Crippen LogP contribution is 2.30. The second-order valence-electron chi connectivity index (χ2n) is 4.30. The summed E-state index contributed by atoms with van der Waals surface area (Å²) in [6, 6.07) is 0. The Morgan fingerprint density at radius 3 is 3.06 bits per heavy atom. The molecule has 1 aliphatic rings. The van der Waals surface area contributed by atoms with E-state index < -0.39 is 11.6 Å². The topological polar surface area (TPSA) is 101 Å². The number of anilines is 1. The molecular formula is C10H11FN6O. The number of primary amides is 1. The molecule has 1 saturated heterocycles. The Hall–Kier alpha value is -2.25. The number of carbonyl (C=O) groups excluding carboxylic acids is 1. The summed E-state index contributed by atoms with van der Waals surface area (Å²) in [5, 5.41) is 0. The molecule has 0 radical (unpaired) electrons. The molecule has 3 rings (SSSR count). The summed E-state index contributed by atoms with van der Waals surface area (Å²) in [5.74, 6) is -0.391. The van der Waals surface area contributed by atoms with Gasteiger partial charge < -0.3 is 15.6 Å². The summed E-state index contributed by atoms with van der Waals surface area (Å²) in [6.07, 6.45) is 2.93. The molecule has 1 fully saturated rings. The van der Waals surface area contributed by atoms with Gasteiger partial charge in [-0.15, -0.1) is 0 Å². The van der Waals surface area contributed by atoms with Crippen molar-refractivity contribution in [2.45, 2.75) is 12.1 Å². The minimum Gasteiger partial charge on any atom is -0.367 e. The lowest BCUT2D eigenvalue weighted by molar-refractivity contribution is -0.128. The highest BCUT2D eigenvalue weighted by molar-refractivity contribution is 5.87. The fraction of sp³-hybridized carbons (Fsp3) is 0.400. The average molecular weight is 250 g/mol. The highest BCUT2D eigenvalue weighted by Gasteiger charge is 2.44. The molecule has 1 atom stereocenters. The number of carbonyl (C=O) groups is 1. The van der Waals surface area contributed by atoms with Crippen LogP contribution in [0.2, 0.25) is 0 Å². The molecule has 0 aliphatic carbocycles. The zero-order valence-electron chi connectivity index (χ0n) is 9.43. The molecule has 7 nitrogen and oxygen atoms in total. The average Bonchev–Trinajstić information content (AvgIpc) is 2.95. The van der Waals surface area contributed by atoms with Crippen molar-refractivity contribution in [2.75, 3.05) is 18.0 Å². The first-order chi connectivity index (χ1) is 8.60. The van der Waals surface area contributed by atoms with Crippen LogP contribution in [0.1, 0.15) is 6.42 Å². The van der Waals surface area contributed by atoms with Gasteiger partial charge in [-0.1, -0.05) is 0 Å². The van der Waals surface area contributed by atoms with Gasteiger partial charge in [-0.25, -0.2) is 19.3 Å². The number of rotatable bonds is 2. The van der Waals surface area contributed by atoms with E-state index in [1.54, 1.807) is 4.90 Å². The predicted molar refractivity (Wildman–Crippen MR) is 61.5 cm³/mol. The van der Waals surface area contributed by atoms with E-state index in [0.29, 0.717) is 23.5 Å². The molecule has 0 bridgehead atoms. The number of hydrogen-bond donors (Lipinski definition) is 2. The minimum absolute atomic E-state index is 0.0714. The number of hydrogen-bond acceptors (Lipinski definition) is 5. The quantitative estimate of drug-likeness (QED) is 0.765. The number of imidazole rings is 1. The molecule has 2 aromatic heterocycles. The van der Waals surface area contributed by atoms with Crippen molar-refractivity contribution in [3.8, 4) is 0 Å². The first-order valence-electron chi connectivity index (χ1n) is 5.48. The summed E-state index contributed by atoms with van der Waals surface area (Å²) >= 11 is 0. The second kappa shape index (κ2) is 3.62. The van der Waals surface area contributed by atoms with Crippen molar-refractivity contribution >= 4 is 22.9 Å². The molecule has 0 saturated carbocycles. The molecule has 1 amide bonds. The van der Waals surface area contributed by atoms with Crippen LogP contribution in [0.15, 0.2) is 12.7 Å². The molecular weight excluding hydrogens is 239 g/mol. The van der Waals surface area contributed by atoms with Gasteiger partial charge in [0.15, 0.2) is 11.5 Å². The third-order valence-electron chi connectivity index (χ3n) is 3.16. The van der Waals surface area contributed by atoms with Gasteiger partial charge in [0.25, 0.3) is 5.91 Å². The number of nitrogens with one attached hydrogen (secondary N) is 1. The van der Waals surface area contributed by atoms with Crippen LogP contribution in [0.25, 0.3) is 11.2 Å². The Morgan fingerprint density at radius 2 is 2.33 bits per heavy atom. The largest absolute Gasteiger partial charge is 0.367 e. The van der Waals surface area contributed by atoms with E-state index in [1.165, 1.54) is 12.7 Å². The lowest BCUT2D eigenvalue weighted by atomic mass is 10.1.